The van der Waals surface area contributed by atoms with Crippen LogP contribution in [0.5, 0.6) is 5.75 Å². The van der Waals surface area contributed by atoms with E-state index in [0.717, 1.165) is 54.9 Å². The molecular weight excluding hydrogens is 408 g/mol. The number of methoxy groups -OCH3 is 1. The molecule has 1 aromatic rings. The van der Waals surface area contributed by atoms with Gasteiger partial charge in [-0.1, -0.05) is 35.2 Å². The molecule has 1 aliphatic carbocycles. The first-order chi connectivity index (χ1) is 13.1. The second-order valence-electron chi connectivity index (χ2n) is 7.32. The van der Waals surface area contributed by atoms with Crippen molar-refractivity contribution < 1.29 is 14.3 Å². The van der Waals surface area contributed by atoms with E-state index < -0.39 is 0 Å². The van der Waals surface area contributed by atoms with Gasteiger partial charge in [0.1, 0.15) is 5.75 Å². The Hall–Kier alpha value is -1.37. The number of amides is 1. The highest BCUT2D eigenvalue weighted by atomic mass is 79.9. The Morgan fingerprint density at radius 3 is 2.74 bits per heavy atom. The van der Waals surface area contributed by atoms with Crippen LogP contribution in [0.3, 0.4) is 0 Å². The Bertz CT molecular complexity index is 665. The zero-order chi connectivity index (χ0) is 19.1. The monoisotopic (exact) mass is 436 g/mol. The summed E-state index contributed by atoms with van der Waals surface area (Å²) < 4.78 is 11.8. The van der Waals surface area contributed by atoms with E-state index in [4.69, 9.17) is 9.47 Å². The molecule has 2 fully saturated rings. The molecule has 1 heterocycles. The third-order valence-electron chi connectivity index (χ3n) is 5.66. The molecule has 1 aromatic carbocycles. The van der Waals surface area contributed by atoms with Crippen molar-refractivity contribution in [3.05, 3.63) is 34.3 Å². The molecule has 0 atom stereocenters. The Morgan fingerprint density at radius 2 is 2.04 bits per heavy atom. The minimum atomic E-state index is -0.0600. The molecule has 0 aromatic heterocycles. The van der Waals surface area contributed by atoms with Gasteiger partial charge in [0.2, 0.25) is 5.91 Å². The fraction of sp³-hybridized carbons (Fsp3) is 0.571. The summed E-state index contributed by atoms with van der Waals surface area (Å²) in [6.45, 7) is 4.20. The average molecular weight is 437 g/mol. The molecule has 1 saturated heterocycles. The predicted octanol–water partition coefficient (Wildman–Crippen LogP) is 3.62. The highest BCUT2D eigenvalue weighted by Gasteiger charge is 2.38. The lowest BCUT2D eigenvalue weighted by molar-refractivity contribution is -0.117. The van der Waals surface area contributed by atoms with Gasteiger partial charge in [0.25, 0.3) is 0 Å². The van der Waals surface area contributed by atoms with Gasteiger partial charge in [-0.3, -0.25) is 9.69 Å². The van der Waals surface area contributed by atoms with Crippen LogP contribution >= 0.6 is 15.9 Å². The first kappa shape index (κ1) is 20.4. The van der Waals surface area contributed by atoms with Gasteiger partial charge in [-0.2, -0.15) is 0 Å². The third-order valence-corrected chi connectivity index (χ3v) is 6.16. The van der Waals surface area contributed by atoms with Crippen LogP contribution in [0, 0.1) is 0 Å². The lowest BCUT2D eigenvalue weighted by Crippen LogP contribution is -2.59. The van der Waals surface area contributed by atoms with Crippen LogP contribution in [0.15, 0.2) is 28.7 Å². The number of rotatable bonds is 6. The fourth-order valence-electron chi connectivity index (χ4n) is 4.16. The molecule has 3 rings (SSSR count). The molecule has 6 heteroatoms. The topological polar surface area (TPSA) is 50.8 Å². The molecule has 0 unspecified atom stereocenters. The van der Waals surface area contributed by atoms with Gasteiger partial charge in [-0.05, 0) is 37.1 Å². The van der Waals surface area contributed by atoms with Crippen LogP contribution in [0.2, 0.25) is 0 Å². The summed E-state index contributed by atoms with van der Waals surface area (Å²) in [5.74, 6) is 0.689. The van der Waals surface area contributed by atoms with Gasteiger partial charge in [0.15, 0.2) is 0 Å². The van der Waals surface area contributed by atoms with Gasteiger partial charge in [0, 0.05) is 41.3 Å². The summed E-state index contributed by atoms with van der Waals surface area (Å²) in [7, 11) is 1.63. The highest BCUT2D eigenvalue weighted by Crippen LogP contribution is 2.34. The fourth-order valence-corrected chi connectivity index (χ4v) is 4.54. The average Bonchev–Trinajstić information content (AvgIpc) is 2.72. The normalized spacial score (nSPS) is 20.5. The van der Waals surface area contributed by atoms with Crippen molar-refractivity contribution >= 4 is 27.9 Å². The van der Waals surface area contributed by atoms with Crippen LogP contribution in [0.4, 0.5) is 0 Å². The van der Waals surface area contributed by atoms with Crippen molar-refractivity contribution in [2.45, 2.75) is 37.6 Å². The number of hydrogen-bond acceptors (Lipinski definition) is 4. The molecule has 5 nitrogen and oxygen atoms in total. The van der Waals surface area contributed by atoms with E-state index in [-0.39, 0.29) is 11.4 Å². The van der Waals surface area contributed by atoms with Gasteiger partial charge in [-0.25, -0.2) is 0 Å². The zero-order valence-corrected chi connectivity index (χ0v) is 17.6. The van der Waals surface area contributed by atoms with Gasteiger partial charge in [-0.15, -0.1) is 0 Å². The minimum absolute atomic E-state index is 0.0600. The second-order valence-corrected chi connectivity index (χ2v) is 8.24. The summed E-state index contributed by atoms with van der Waals surface area (Å²) >= 11 is 3.46. The summed E-state index contributed by atoms with van der Waals surface area (Å²) in [4.78, 5) is 15.0. The minimum Gasteiger partial charge on any atom is -0.496 e. The van der Waals surface area contributed by atoms with Crippen LogP contribution in [-0.4, -0.2) is 56.3 Å². The van der Waals surface area contributed by atoms with Crippen molar-refractivity contribution in [3.8, 4) is 5.75 Å². The first-order valence-corrected chi connectivity index (χ1v) is 10.5. The van der Waals surface area contributed by atoms with Gasteiger partial charge < -0.3 is 14.8 Å². The molecule has 0 bridgehead atoms. The van der Waals surface area contributed by atoms with E-state index in [1.165, 1.54) is 19.3 Å². The molecule has 0 radical (unpaired) electrons. The SMILES string of the molecule is COc1ccc(Br)cc1/C=C/C(=O)NCC1(N2CCOCC2)CCCCC1. The molecule has 27 heavy (non-hydrogen) atoms. The standard InChI is InChI=1S/C21H29BrN2O3/c1-26-19-7-6-18(22)15-17(19)5-8-20(25)23-16-21(9-3-2-4-10-21)24-11-13-27-14-12-24/h5-8,15H,2-4,9-14,16H2,1H3,(H,23,25)/b8-5+. The van der Waals surface area contributed by atoms with Crippen LogP contribution < -0.4 is 10.1 Å². The van der Waals surface area contributed by atoms with E-state index >= 15 is 0 Å². The number of ether oxygens (including phenoxy) is 2. The zero-order valence-electron chi connectivity index (χ0n) is 16.0. The highest BCUT2D eigenvalue weighted by molar-refractivity contribution is 9.10. The first-order valence-electron chi connectivity index (χ1n) is 9.75. The number of halogens is 1. The molecule has 1 N–H and O–H groups in total. The Balaban J connectivity index is 1.63. The molecule has 2 aliphatic rings. The number of benzene rings is 1. The lowest BCUT2D eigenvalue weighted by Gasteiger charge is -2.48. The van der Waals surface area contributed by atoms with E-state index in [1.807, 2.05) is 18.2 Å². The number of carbonyl (C=O) groups excluding carboxylic acids is 1. The maximum Gasteiger partial charge on any atom is 0.244 e. The molecule has 1 saturated carbocycles. The van der Waals surface area contributed by atoms with Gasteiger partial charge >= 0.3 is 0 Å². The van der Waals surface area contributed by atoms with Crippen molar-refractivity contribution in [2.24, 2.45) is 0 Å². The van der Waals surface area contributed by atoms with Crippen molar-refractivity contribution in [1.82, 2.24) is 10.2 Å². The summed E-state index contributed by atoms with van der Waals surface area (Å²) in [6, 6.07) is 5.75. The van der Waals surface area contributed by atoms with E-state index in [0.29, 0.717) is 6.54 Å². The smallest absolute Gasteiger partial charge is 0.244 e. The lowest BCUT2D eigenvalue weighted by atomic mass is 9.79. The summed E-state index contributed by atoms with van der Waals surface area (Å²) in [6.07, 6.45) is 9.47. The largest absolute Gasteiger partial charge is 0.496 e. The van der Waals surface area contributed by atoms with Crippen molar-refractivity contribution in [2.75, 3.05) is 40.0 Å². The number of morpholine rings is 1. The van der Waals surface area contributed by atoms with Crippen molar-refractivity contribution in [1.29, 1.82) is 0 Å². The number of nitrogens with zero attached hydrogens (tertiary/aromatic N) is 1. The molecule has 1 amide bonds. The third kappa shape index (κ3) is 5.33. The number of nitrogens with one attached hydrogen (secondary N) is 1. The van der Waals surface area contributed by atoms with E-state index in [2.05, 4.69) is 26.1 Å². The summed E-state index contributed by atoms with van der Waals surface area (Å²) in [5.41, 5.74) is 0.960. The second kappa shape index (κ2) is 9.71. The Kier molecular flexibility index (Phi) is 7.33. The van der Waals surface area contributed by atoms with Crippen molar-refractivity contribution in [3.63, 3.8) is 0 Å². The molecule has 1 aliphatic heterocycles. The number of carbonyl (C=O) groups is 1. The maximum atomic E-state index is 12.5. The van der Waals surface area contributed by atoms with E-state index in [1.54, 1.807) is 19.3 Å². The van der Waals surface area contributed by atoms with Crippen LogP contribution in [-0.2, 0) is 9.53 Å². The summed E-state index contributed by atoms with van der Waals surface area (Å²) in [5, 5.41) is 3.15. The number of hydrogen-bond donors (Lipinski definition) is 1. The Morgan fingerprint density at radius 1 is 1.30 bits per heavy atom. The Labute approximate surface area is 170 Å². The molecule has 148 valence electrons. The molecule has 0 spiro atoms. The predicted molar refractivity (Wildman–Crippen MR) is 111 cm³/mol. The van der Waals surface area contributed by atoms with Crippen LogP contribution in [0.1, 0.15) is 37.7 Å². The van der Waals surface area contributed by atoms with E-state index in [9.17, 15) is 4.79 Å². The molecular formula is C21H29BrN2O3. The van der Waals surface area contributed by atoms with Gasteiger partial charge in [0.05, 0.1) is 20.3 Å². The van der Waals surface area contributed by atoms with Crippen LogP contribution in [0.25, 0.3) is 6.08 Å². The maximum absolute atomic E-state index is 12.5. The quantitative estimate of drug-likeness (QED) is 0.691.